The van der Waals surface area contributed by atoms with E-state index in [1.807, 2.05) is 12.1 Å². The van der Waals surface area contributed by atoms with Crippen LogP contribution >= 0.6 is 0 Å². The Hall–Kier alpha value is -1.64. The Kier molecular flexibility index (Phi) is 2.24. The van der Waals surface area contributed by atoms with Crippen molar-refractivity contribution in [3.8, 4) is 0 Å². The summed E-state index contributed by atoms with van der Waals surface area (Å²) in [5.41, 5.74) is 2.72. The van der Waals surface area contributed by atoms with Gasteiger partial charge in [-0.15, -0.1) is 0 Å². The van der Waals surface area contributed by atoms with Crippen LogP contribution in [0.25, 0.3) is 10.9 Å². The molecule has 1 N–H and O–H groups in total. The molecule has 0 bridgehead atoms. The number of carbonyl (C=O) groups is 1. The number of nitrogens with zero attached hydrogens (tertiary/aromatic N) is 1. The monoisotopic (exact) mass is 214 g/mol. The van der Waals surface area contributed by atoms with E-state index in [0.29, 0.717) is 11.5 Å². The number of benzene rings is 1. The number of rotatable bonds is 2. The molecule has 3 heteroatoms. The van der Waals surface area contributed by atoms with Gasteiger partial charge in [0.2, 0.25) is 0 Å². The van der Waals surface area contributed by atoms with E-state index < -0.39 is 0 Å². The van der Waals surface area contributed by atoms with Crippen LogP contribution in [0.3, 0.4) is 0 Å². The molecule has 0 radical (unpaired) electrons. The summed E-state index contributed by atoms with van der Waals surface area (Å²) in [5.74, 6) is 0.604. The number of aldehydes is 1. The van der Waals surface area contributed by atoms with Crippen molar-refractivity contribution in [2.45, 2.75) is 31.6 Å². The second-order valence-electron chi connectivity index (χ2n) is 4.48. The van der Waals surface area contributed by atoms with Crippen LogP contribution in [-0.2, 0) is 0 Å². The molecule has 3 nitrogen and oxygen atoms in total. The Bertz CT molecular complexity index is 524. The zero-order chi connectivity index (χ0) is 11.0. The first-order valence-electron chi connectivity index (χ1n) is 5.82. The number of nitrogens with one attached hydrogen (secondary N) is 1. The summed E-state index contributed by atoms with van der Waals surface area (Å²) in [7, 11) is 0. The highest BCUT2D eigenvalue weighted by Gasteiger charge is 2.21. The van der Waals surface area contributed by atoms with Crippen molar-refractivity contribution in [1.82, 2.24) is 10.2 Å². The lowest BCUT2D eigenvalue weighted by Gasteiger charge is -2.05. The molecule has 0 amide bonds. The number of H-pyrrole nitrogens is 1. The van der Waals surface area contributed by atoms with Crippen LogP contribution in [0.15, 0.2) is 18.2 Å². The molecule has 0 unspecified atom stereocenters. The van der Waals surface area contributed by atoms with Crippen molar-refractivity contribution in [2.75, 3.05) is 0 Å². The molecule has 1 aliphatic carbocycles. The van der Waals surface area contributed by atoms with Crippen molar-refractivity contribution >= 4 is 17.2 Å². The fraction of sp³-hybridized carbons (Fsp3) is 0.385. The average molecular weight is 214 g/mol. The molecule has 3 rings (SSSR count). The van der Waals surface area contributed by atoms with Gasteiger partial charge in [0.15, 0.2) is 6.29 Å². The van der Waals surface area contributed by atoms with E-state index >= 15 is 0 Å². The molecule has 1 aliphatic rings. The first-order chi connectivity index (χ1) is 7.90. The van der Waals surface area contributed by atoms with E-state index in [-0.39, 0.29) is 0 Å². The Morgan fingerprint density at radius 2 is 2.12 bits per heavy atom. The molecular formula is C13H14N2O. The molecule has 1 aromatic heterocycles. The van der Waals surface area contributed by atoms with Crippen LogP contribution in [0.2, 0.25) is 0 Å². The predicted octanol–water partition coefficient (Wildman–Crippen LogP) is 3.03. The average Bonchev–Trinajstić information content (AvgIpc) is 2.96. The first kappa shape index (κ1) is 9.58. The van der Waals surface area contributed by atoms with Crippen molar-refractivity contribution < 1.29 is 4.79 Å². The van der Waals surface area contributed by atoms with Crippen molar-refractivity contribution in [2.24, 2.45) is 0 Å². The highest BCUT2D eigenvalue weighted by Crippen LogP contribution is 2.36. The minimum Gasteiger partial charge on any atom is -0.298 e. The first-order valence-corrected chi connectivity index (χ1v) is 5.82. The molecule has 0 saturated heterocycles. The van der Waals surface area contributed by atoms with Crippen LogP contribution in [-0.4, -0.2) is 16.5 Å². The molecule has 82 valence electrons. The zero-order valence-electron chi connectivity index (χ0n) is 9.07. The fourth-order valence-corrected chi connectivity index (χ4v) is 2.70. The molecule has 0 spiro atoms. The molecule has 1 fully saturated rings. The smallest absolute Gasteiger partial charge is 0.152 e. The number of hydrogen-bond acceptors (Lipinski definition) is 2. The third-order valence-electron chi connectivity index (χ3n) is 3.54. The summed E-state index contributed by atoms with van der Waals surface area (Å²) in [6.07, 6.45) is 5.96. The van der Waals surface area contributed by atoms with Gasteiger partial charge in [0.1, 0.15) is 5.52 Å². The third-order valence-corrected chi connectivity index (χ3v) is 3.54. The van der Waals surface area contributed by atoms with Gasteiger partial charge in [0.05, 0.1) is 0 Å². The van der Waals surface area contributed by atoms with Crippen LogP contribution in [0, 0.1) is 0 Å². The van der Waals surface area contributed by atoms with Gasteiger partial charge >= 0.3 is 0 Å². The lowest BCUT2D eigenvalue weighted by Crippen LogP contribution is -1.92. The summed E-state index contributed by atoms with van der Waals surface area (Å²) in [6.45, 7) is 0. The van der Waals surface area contributed by atoms with E-state index in [9.17, 15) is 4.79 Å². The summed E-state index contributed by atoms with van der Waals surface area (Å²) < 4.78 is 0. The quantitative estimate of drug-likeness (QED) is 0.781. The van der Waals surface area contributed by atoms with E-state index in [2.05, 4.69) is 16.3 Å². The van der Waals surface area contributed by atoms with Crippen LogP contribution in [0.4, 0.5) is 0 Å². The summed E-state index contributed by atoms with van der Waals surface area (Å²) in [4.78, 5) is 10.9. The van der Waals surface area contributed by atoms with Gasteiger partial charge in [0.25, 0.3) is 0 Å². The van der Waals surface area contributed by atoms with E-state index in [0.717, 1.165) is 17.2 Å². The molecule has 0 aliphatic heterocycles. The molecule has 1 heterocycles. The Labute approximate surface area is 93.9 Å². The summed E-state index contributed by atoms with van der Waals surface area (Å²) in [5, 5.41) is 8.52. The number of fused-ring (bicyclic) bond motifs is 1. The number of aromatic nitrogens is 2. The summed E-state index contributed by atoms with van der Waals surface area (Å²) in [6, 6.07) is 5.80. The van der Waals surface area contributed by atoms with Crippen LogP contribution < -0.4 is 0 Å². The van der Waals surface area contributed by atoms with Gasteiger partial charge in [-0.25, -0.2) is 0 Å². The largest absolute Gasteiger partial charge is 0.298 e. The second-order valence-corrected chi connectivity index (χ2v) is 4.48. The minimum atomic E-state index is 0.604. The van der Waals surface area contributed by atoms with Crippen molar-refractivity contribution in [3.05, 3.63) is 29.5 Å². The number of hydrogen-bond donors (Lipinski definition) is 1. The maximum absolute atomic E-state index is 10.9. The lowest BCUT2D eigenvalue weighted by molar-refractivity contribution is 0.112. The van der Waals surface area contributed by atoms with Gasteiger partial charge in [-0.05, 0) is 18.9 Å². The van der Waals surface area contributed by atoms with Gasteiger partial charge in [-0.3, -0.25) is 9.89 Å². The molecule has 1 aromatic carbocycles. The standard InChI is InChI=1S/C13H14N2O/c16-8-10-6-3-7-11-12(14-15-13(10)11)9-4-1-2-5-9/h3,6-9H,1-2,4-5H2,(H,14,15). The van der Waals surface area contributed by atoms with Gasteiger partial charge in [-0.2, -0.15) is 5.10 Å². The molecule has 1 saturated carbocycles. The topological polar surface area (TPSA) is 45.8 Å². The lowest BCUT2D eigenvalue weighted by atomic mass is 9.99. The summed E-state index contributed by atoms with van der Waals surface area (Å²) >= 11 is 0. The number of aromatic amines is 1. The highest BCUT2D eigenvalue weighted by molar-refractivity contribution is 5.96. The fourth-order valence-electron chi connectivity index (χ4n) is 2.70. The molecule has 16 heavy (non-hydrogen) atoms. The number of carbonyl (C=O) groups excluding carboxylic acids is 1. The normalized spacial score (nSPS) is 17.0. The van der Waals surface area contributed by atoms with Crippen molar-refractivity contribution in [3.63, 3.8) is 0 Å². The second kappa shape index (κ2) is 3.74. The number of para-hydroxylation sites is 1. The van der Waals surface area contributed by atoms with E-state index in [4.69, 9.17) is 0 Å². The highest BCUT2D eigenvalue weighted by atomic mass is 16.1. The van der Waals surface area contributed by atoms with Crippen LogP contribution in [0.1, 0.15) is 47.7 Å². The Morgan fingerprint density at radius 3 is 2.88 bits per heavy atom. The maximum atomic E-state index is 10.9. The SMILES string of the molecule is O=Cc1cccc2c(C3CCCC3)[nH]nc12. The Balaban J connectivity index is 2.16. The van der Waals surface area contributed by atoms with Gasteiger partial charge in [0, 0.05) is 22.6 Å². The van der Waals surface area contributed by atoms with Gasteiger partial charge < -0.3 is 0 Å². The minimum absolute atomic E-state index is 0.604. The predicted molar refractivity (Wildman–Crippen MR) is 62.7 cm³/mol. The maximum Gasteiger partial charge on any atom is 0.152 e. The Morgan fingerprint density at radius 1 is 1.31 bits per heavy atom. The van der Waals surface area contributed by atoms with E-state index in [1.165, 1.54) is 31.4 Å². The van der Waals surface area contributed by atoms with Crippen LogP contribution in [0.5, 0.6) is 0 Å². The van der Waals surface area contributed by atoms with Crippen molar-refractivity contribution in [1.29, 1.82) is 0 Å². The zero-order valence-corrected chi connectivity index (χ0v) is 9.07. The molecule has 0 atom stereocenters. The van der Waals surface area contributed by atoms with Gasteiger partial charge in [-0.1, -0.05) is 25.0 Å². The molecular weight excluding hydrogens is 200 g/mol. The third kappa shape index (κ3) is 1.35. The molecule has 2 aromatic rings. The van der Waals surface area contributed by atoms with E-state index in [1.54, 1.807) is 0 Å².